The first-order valence-corrected chi connectivity index (χ1v) is 7.38. The van der Waals surface area contributed by atoms with Gasteiger partial charge in [-0.05, 0) is 38.8 Å². The smallest absolute Gasteiger partial charge is 0.227 e. The fourth-order valence-corrected chi connectivity index (χ4v) is 2.30. The second kappa shape index (κ2) is 5.98. The van der Waals surface area contributed by atoms with E-state index in [0.717, 1.165) is 30.7 Å². The average molecular weight is 321 g/mol. The summed E-state index contributed by atoms with van der Waals surface area (Å²) in [7, 11) is 0. The number of nitrogens with one attached hydrogen (secondary N) is 1. The summed E-state index contributed by atoms with van der Waals surface area (Å²) in [6.45, 7) is 3.55. The third-order valence-electron chi connectivity index (χ3n) is 3.81. The Morgan fingerprint density at radius 2 is 2.13 bits per heavy atom. The van der Waals surface area contributed by atoms with E-state index in [1.54, 1.807) is 13.8 Å². The average Bonchev–Trinajstić information content (AvgIpc) is 3.30. The Bertz CT molecular complexity index is 754. The topological polar surface area (TPSA) is 56.1 Å². The predicted molar refractivity (Wildman–Crippen MR) is 80.0 cm³/mol. The molecule has 1 aromatic carbocycles. The lowest BCUT2D eigenvalue weighted by Gasteiger charge is -2.09. The molecule has 122 valence electrons. The third kappa shape index (κ3) is 3.33. The lowest BCUT2D eigenvalue weighted by atomic mass is 10.3. The van der Waals surface area contributed by atoms with Gasteiger partial charge in [-0.3, -0.25) is 4.79 Å². The molecule has 23 heavy (non-hydrogen) atoms. The number of carbonyl (C=O) groups excluding carboxylic acids is 1. The van der Waals surface area contributed by atoms with Crippen LogP contribution in [0.1, 0.15) is 24.2 Å². The van der Waals surface area contributed by atoms with E-state index in [0.29, 0.717) is 11.4 Å². The molecule has 0 radical (unpaired) electrons. The quantitative estimate of drug-likeness (QED) is 0.920. The second-order valence-electron chi connectivity index (χ2n) is 5.66. The Balaban J connectivity index is 1.71. The Kier molecular flexibility index (Phi) is 4.02. The van der Waals surface area contributed by atoms with Crippen molar-refractivity contribution in [1.82, 2.24) is 9.78 Å². The summed E-state index contributed by atoms with van der Waals surface area (Å²) < 4.78 is 33.3. The Hall–Kier alpha value is -2.44. The van der Waals surface area contributed by atoms with Gasteiger partial charge in [0.05, 0.1) is 17.1 Å². The van der Waals surface area contributed by atoms with Gasteiger partial charge in [-0.2, -0.15) is 5.10 Å². The molecule has 1 fully saturated rings. The van der Waals surface area contributed by atoms with Crippen molar-refractivity contribution in [2.75, 3.05) is 5.32 Å². The molecule has 1 amide bonds. The van der Waals surface area contributed by atoms with Gasteiger partial charge in [-0.1, -0.05) is 0 Å². The molecule has 7 heteroatoms. The normalized spacial score (nSPS) is 13.9. The van der Waals surface area contributed by atoms with Crippen molar-refractivity contribution in [2.45, 2.75) is 33.4 Å². The summed E-state index contributed by atoms with van der Waals surface area (Å²) in [5, 5.41) is 7.16. The lowest BCUT2D eigenvalue weighted by Crippen LogP contribution is -2.15. The molecular weight excluding hydrogens is 304 g/mol. The number of halogens is 2. The van der Waals surface area contributed by atoms with Crippen LogP contribution in [-0.2, 0) is 11.5 Å². The van der Waals surface area contributed by atoms with Crippen LogP contribution in [0.25, 0.3) is 0 Å². The number of nitrogens with zero attached hydrogens (tertiary/aromatic N) is 2. The highest BCUT2D eigenvalue weighted by Crippen LogP contribution is 2.31. The van der Waals surface area contributed by atoms with Crippen molar-refractivity contribution < 1.29 is 18.3 Å². The van der Waals surface area contributed by atoms with Crippen LogP contribution in [0.2, 0.25) is 0 Å². The zero-order valence-electron chi connectivity index (χ0n) is 12.9. The van der Waals surface area contributed by atoms with Gasteiger partial charge in [0.2, 0.25) is 5.91 Å². The van der Waals surface area contributed by atoms with Crippen LogP contribution < -0.4 is 10.1 Å². The third-order valence-corrected chi connectivity index (χ3v) is 3.81. The number of anilines is 1. The van der Waals surface area contributed by atoms with Crippen LogP contribution in [0.3, 0.4) is 0 Å². The van der Waals surface area contributed by atoms with Crippen molar-refractivity contribution in [1.29, 1.82) is 0 Å². The van der Waals surface area contributed by atoms with Crippen LogP contribution >= 0.6 is 0 Å². The molecule has 0 aliphatic heterocycles. The number of ether oxygens (including phenoxy) is 1. The van der Waals surface area contributed by atoms with Crippen molar-refractivity contribution in [3.8, 4) is 5.75 Å². The molecule has 3 rings (SSSR count). The minimum atomic E-state index is -0.770. The Labute approximate surface area is 132 Å². The molecule has 5 nitrogen and oxygen atoms in total. The summed E-state index contributed by atoms with van der Waals surface area (Å²) in [4.78, 5) is 11.9. The summed E-state index contributed by atoms with van der Waals surface area (Å²) in [5.41, 5.74) is 2.05. The maximum absolute atomic E-state index is 13.6. The van der Waals surface area contributed by atoms with Crippen molar-refractivity contribution in [3.63, 3.8) is 0 Å². The number of hydrogen-bond donors (Lipinski definition) is 1. The minimum Gasteiger partial charge on any atom is -0.468 e. The Morgan fingerprint density at radius 3 is 2.78 bits per heavy atom. The van der Waals surface area contributed by atoms with Crippen LogP contribution in [-0.4, -0.2) is 15.7 Å². The Morgan fingerprint density at radius 1 is 1.39 bits per heavy atom. The molecule has 1 N–H and O–H groups in total. The van der Waals surface area contributed by atoms with E-state index in [1.165, 1.54) is 10.7 Å². The van der Waals surface area contributed by atoms with E-state index < -0.39 is 11.6 Å². The molecule has 1 aromatic heterocycles. The van der Waals surface area contributed by atoms with E-state index in [9.17, 15) is 13.6 Å². The maximum Gasteiger partial charge on any atom is 0.227 e. The van der Waals surface area contributed by atoms with E-state index in [2.05, 4.69) is 10.4 Å². The van der Waals surface area contributed by atoms with E-state index in [-0.39, 0.29) is 24.3 Å². The molecule has 0 spiro atoms. The molecule has 0 saturated heterocycles. The van der Waals surface area contributed by atoms with Gasteiger partial charge in [0.25, 0.3) is 0 Å². The SMILES string of the molecule is Cc1nn(COc2ccc(F)cc2F)c(C)c1NC(=O)C1CC1. The van der Waals surface area contributed by atoms with Crippen molar-refractivity contribution >= 4 is 11.6 Å². The van der Waals surface area contributed by atoms with Gasteiger partial charge in [0, 0.05) is 12.0 Å². The highest BCUT2D eigenvalue weighted by molar-refractivity contribution is 5.95. The molecule has 1 aliphatic carbocycles. The number of hydrogen-bond acceptors (Lipinski definition) is 3. The first-order valence-electron chi connectivity index (χ1n) is 7.38. The molecule has 1 aliphatic rings. The molecule has 0 bridgehead atoms. The summed E-state index contributed by atoms with van der Waals surface area (Å²) in [6.07, 6.45) is 1.84. The van der Waals surface area contributed by atoms with Crippen molar-refractivity contribution in [3.05, 3.63) is 41.2 Å². The summed E-state index contributed by atoms with van der Waals surface area (Å²) in [6, 6.07) is 3.12. The van der Waals surface area contributed by atoms with E-state index in [4.69, 9.17) is 4.74 Å². The predicted octanol–water partition coefficient (Wildman–Crippen LogP) is 3.16. The first kappa shape index (κ1) is 15.5. The molecular formula is C16H17F2N3O2. The van der Waals surface area contributed by atoms with E-state index >= 15 is 0 Å². The van der Waals surface area contributed by atoms with Gasteiger partial charge in [-0.15, -0.1) is 0 Å². The number of aromatic nitrogens is 2. The van der Waals surface area contributed by atoms with Gasteiger partial charge in [0.15, 0.2) is 18.3 Å². The molecule has 0 unspecified atom stereocenters. The van der Waals surface area contributed by atoms with Crippen LogP contribution in [0, 0.1) is 31.4 Å². The largest absolute Gasteiger partial charge is 0.468 e. The first-order chi connectivity index (χ1) is 11.0. The fourth-order valence-electron chi connectivity index (χ4n) is 2.30. The van der Waals surface area contributed by atoms with Gasteiger partial charge >= 0.3 is 0 Å². The lowest BCUT2D eigenvalue weighted by molar-refractivity contribution is -0.117. The number of rotatable bonds is 5. The standard InChI is InChI=1S/C16H17F2N3O2/c1-9-15(19-16(22)11-3-4-11)10(2)21(20-9)8-23-14-6-5-12(17)7-13(14)18/h5-7,11H,3-4,8H2,1-2H3,(H,19,22). The van der Waals surface area contributed by atoms with Gasteiger partial charge in [-0.25, -0.2) is 13.5 Å². The molecule has 0 atom stereocenters. The van der Waals surface area contributed by atoms with Crippen LogP contribution in [0.5, 0.6) is 5.75 Å². The van der Waals surface area contributed by atoms with Crippen LogP contribution in [0.4, 0.5) is 14.5 Å². The minimum absolute atomic E-state index is 0.00115. The summed E-state index contributed by atoms with van der Waals surface area (Å²) in [5.74, 6) is -1.38. The van der Waals surface area contributed by atoms with Gasteiger partial charge in [0.1, 0.15) is 5.82 Å². The maximum atomic E-state index is 13.6. The van der Waals surface area contributed by atoms with Crippen molar-refractivity contribution in [2.24, 2.45) is 5.92 Å². The number of aryl methyl sites for hydroxylation is 1. The van der Waals surface area contributed by atoms with E-state index in [1.807, 2.05) is 0 Å². The highest BCUT2D eigenvalue weighted by Gasteiger charge is 2.30. The van der Waals surface area contributed by atoms with Gasteiger partial charge < -0.3 is 10.1 Å². The number of amides is 1. The molecule has 1 heterocycles. The number of carbonyl (C=O) groups is 1. The molecule has 2 aromatic rings. The second-order valence-corrected chi connectivity index (χ2v) is 5.66. The highest BCUT2D eigenvalue weighted by atomic mass is 19.1. The molecule has 1 saturated carbocycles. The van der Waals surface area contributed by atoms with Crippen LogP contribution in [0.15, 0.2) is 18.2 Å². The zero-order chi connectivity index (χ0) is 16.6. The number of benzene rings is 1. The summed E-state index contributed by atoms with van der Waals surface area (Å²) >= 11 is 0. The monoisotopic (exact) mass is 321 g/mol. The zero-order valence-corrected chi connectivity index (χ0v) is 12.9. The fraction of sp³-hybridized carbons (Fsp3) is 0.375.